The Kier molecular flexibility index (Phi) is 4.76. The molecule has 0 unspecified atom stereocenters. The summed E-state index contributed by atoms with van der Waals surface area (Å²) in [5, 5.41) is 0. The Morgan fingerprint density at radius 1 is 0.926 bits per heavy atom. The van der Waals surface area contributed by atoms with Crippen LogP contribution in [-0.4, -0.2) is 5.91 Å². The molecule has 0 heterocycles. The molecule has 1 amide bonds. The van der Waals surface area contributed by atoms with Crippen molar-refractivity contribution < 1.29 is 9.18 Å². The minimum atomic E-state index is -0.747. The number of carbonyl (C=O) groups excluding carboxylic acids is 1. The SMILES string of the molecule is NC(=O)c1cccc(-c2ccc(CCC3Cc4ccccc4C3)cc2)c1F. The molecule has 0 aliphatic heterocycles. The average Bonchev–Trinajstić information content (AvgIpc) is 3.10. The lowest BCUT2D eigenvalue weighted by molar-refractivity contribution is 0.0996. The molecule has 0 radical (unpaired) electrons. The highest BCUT2D eigenvalue weighted by Crippen LogP contribution is 2.30. The topological polar surface area (TPSA) is 43.1 Å². The summed E-state index contributed by atoms with van der Waals surface area (Å²) in [6.07, 6.45) is 4.50. The predicted molar refractivity (Wildman–Crippen MR) is 106 cm³/mol. The van der Waals surface area contributed by atoms with Crippen LogP contribution in [0.5, 0.6) is 0 Å². The van der Waals surface area contributed by atoms with Gasteiger partial charge in [0, 0.05) is 5.56 Å². The fraction of sp³-hybridized carbons (Fsp3) is 0.208. The number of halogens is 1. The van der Waals surface area contributed by atoms with Gasteiger partial charge in [0.25, 0.3) is 5.91 Å². The lowest BCUT2D eigenvalue weighted by Gasteiger charge is -2.10. The van der Waals surface area contributed by atoms with E-state index in [1.54, 1.807) is 12.1 Å². The Morgan fingerprint density at radius 3 is 2.22 bits per heavy atom. The second-order valence-corrected chi connectivity index (χ2v) is 7.31. The van der Waals surface area contributed by atoms with Crippen LogP contribution in [0.3, 0.4) is 0 Å². The molecule has 0 saturated carbocycles. The number of aryl methyl sites for hydroxylation is 1. The van der Waals surface area contributed by atoms with Gasteiger partial charge < -0.3 is 5.73 Å². The zero-order valence-corrected chi connectivity index (χ0v) is 15.1. The predicted octanol–water partition coefficient (Wildman–Crippen LogP) is 4.94. The fourth-order valence-corrected chi connectivity index (χ4v) is 4.02. The lowest BCUT2D eigenvalue weighted by Crippen LogP contribution is -2.13. The van der Waals surface area contributed by atoms with Gasteiger partial charge in [0.2, 0.25) is 0 Å². The second kappa shape index (κ2) is 7.36. The standard InChI is InChI=1S/C24H22FNO/c25-23-21(6-3-7-22(23)24(26)27)18-12-10-16(11-13-18)8-9-17-14-19-4-1-2-5-20(19)15-17/h1-7,10-13,17H,8-9,14-15H2,(H2,26,27). The summed E-state index contributed by atoms with van der Waals surface area (Å²) in [5.74, 6) is -0.600. The molecule has 136 valence electrons. The first kappa shape index (κ1) is 17.5. The third-order valence-electron chi connectivity index (χ3n) is 5.51. The number of amides is 1. The van der Waals surface area contributed by atoms with Crippen molar-refractivity contribution in [2.45, 2.75) is 25.7 Å². The van der Waals surface area contributed by atoms with Crippen LogP contribution in [0.1, 0.15) is 33.5 Å². The van der Waals surface area contributed by atoms with E-state index in [2.05, 4.69) is 24.3 Å². The number of rotatable bonds is 5. The van der Waals surface area contributed by atoms with E-state index in [1.165, 1.54) is 35.6 Å². The number of nitrogens with two attached hydrogens (primary N) is 1. The maximum absolute atomic E-state index is 14.5. The Hall–Kier alpha value is -2.94. The Morgan fingerprint density at radius 2 is 1.59 bits per heavy atom. The summed E-state index contributed by atoms with van der Waals surface area (Å²) in [5.41, 5.74) is 10.6. The highest BCUT2D eigenvalue weighted by Gasteiger charge is 2.20. The third kappa shape index (κ3) is 3.63. The quantitative estimate of drug-likeness (QED) is 0.689. The van der Waals surface area contributed by atoms with Crippen molar-refractivity contribution in [1.29, 1.82) is 0 Å². The first-order valence-electron chi connectivity index (χ1n) is 9.36. The number of hydrogen-bond acceptors (Lipinski definition) is 1. The summed E-state index contributed by atoms with van der Waals surface area (Å²) in [6, 6.07) is 21.4. The van der Waals surface area contributed by atoms with E-state index >= 15 is 0 Å². The van der Waals surface area contributed by atoms with Crippen molar-refractivity contribution in [2.24, 2.45) is 11.7 Å². The number of benzene rings is 3. The molecule has 0 saturated heterocycles. The number of primary amides is 1. The molecular formula is C24H22FNO. The molecule has 3 aromatic rings. The molecule has 27 heavy (non-hydrogen) atoms. The number of carbonyl (C=O) groups is 1. The van der Waals surface area contributed by atoms with Crippen LogP contribution in [0.25, 0.3) is 11.1 Å². The molecule has 0 fully saturated rings. The van der Waals surface area contributed by atoms with E-state index in [-0.39, 0.29) is 5.56 Å². The highest BCUT2D eigenvalue weighted by atomic mass is 19.1. The second-order valence-electron chi connectivity index (χ2n) is 7.31. The van der Waals surface area contributed by atoms with Crippen molar-refractivity contribution in [3.8, 4) is 11.1 Å². The Balaban J connectivity index is 1.43. The summed E-state index contributed by atoms with van der Waals surface area (Å²) in [7, 11) is 0. The zero-order chi connectivity index (χ0) is 18.8. The van der Waals surface area contributed by atoms with E-state index in [4.69, 9.17) is 5.73 Å². The van der Waals surface area contributed by atoms with Crippen molar-refractivity contribution in [3.05, 3.63) is 94.8 Å². The summed E-state index contributed by atoms with van der Waals surface area (Å²) in [6.45, 7) is 0. The smallest absolute Gasteiger partial charge is 0.251 e. The van der Waals surface area contributed by atoms with Crippen LogP contribution < -0.4 is 5.73 Å². The summed E-state index contributed by atoms with van der Waals surface area (Å²) < 4.78 is 14.5. The van der Waals surface area contributed by atoms with Gasteiger partial charge in [0.05, 0.1) is 5.56 Å². The molecular weight excluding hydrogens is 337 g/mol. The third-order valence-corrected chi connectivity index (χ3v) is 5.51. The highest BCUT2D eigenvalue weighted by molar-refractivity contribution is 5.94. The molecule has 0 atom stereocenters. The summed E-state index contributed by atoms with van der Waals surface area (Å²) in [4.78, 5) is 11.3. The molecule has 0 spiro atoms. The van der Waals surface area contributed by atoms with Gasteiger partial charge in [0.15, 0.2) is 0 Å². The maximum Gasteiger partial charge on any atom is 0.251 e. The fourth-order valence-electron chi connectivity index (χ4n) is 4.02. The normalized spacial score (nSPS) is 13.5. The van der Waals surface area contributed by atoms with Crippen LogP contribution in [0, 0.1) is 11.7 Å². The molecule has 3 aromatic carbocycles. The molecule has 0 aromatic heterocycles. The van der Waals surface area contributed by atoms with E-state index in [9.17, 15) is 9.18 Å². The maximum atomic E-state index is 14.5. The summed E-state index contributed by atoms with van der Waals surface area (Å²) >= 11 is 0. The van der Waals surface area contributed by atoms with Gasteiger partial charge >= 0.3 is 0 Å². The first-order chi connectivity index (χ1) is 13.1. The van der Waals surface area contributed by atoms with Gasteiger partial charge in [0.1, 0.15) is 5.82 Å². The minimum absolute atomic E-state index is 0.0719. The van der Waals surface area contributed by atoms with Gasteiger partial charge in [-0.1, -0.05) is 60.7 Å². The molecule has 2 nitrogen and oxygen atoms in total. The van der Waals surface area contributed by atoms with E-state index < -0.39 is 11.7 Å². The molecule has 1 aliphatic carbocycles. The van der Waals surface area contributed by atoms with E-state index in [0.717, 1.165) is 18.4 Å². The van der Waals surface area contributed by atoms with Gasteiger partial charge in [-0.25, -0.2) is 4.39 Å². The number of fused-ring (bicyclic) bond motifs is 1. The first-order valence-corrected chi connectivity index (χ1v) is 9.36. The largest absolute Gasteiger partial charge is 0.366 e. The zero-order valence-electron chi connectivity index (χ0n) is 15.1. The molecule has 4 rings (SSSR count). The van der Waals surface area contributed by atoms with Crippen molar-refractivity contribution in [2.75, 3.05) is 0 Å². The molecule has 2 N–H and O–H groups in total. The van der Waals surface area contributed by atoms with Gasteiger partial charge in [-0.2, -0.15) is 0 Å². The van der Waals surface area contributed by atoms with Crippen molar-refractivity contribution in [1.82, 2.24) is 0 Å². The lowest BCUT2D eigenvalue weighted by atomic mass is 9.95. The monoisotopic (exact) mass is 359 g/mol. The number of hydrogen-bond donors (Lipinski definition) is 1. The molecule has 0 bridgehead atoms. The average molecular weight is 359 g/mol. The molecule has 3 heteroatoms. The van der Waals surface area contributed by atoms with Gasteiger partial charge in [-0.05, 0) is 59.9 Å². The van der Waals surface area contributed by atoms with Crippen molar-refractivity contribution >= 4 is 5.91 Å². The van der Waals surface area contributed by atoms with Crippen molar-refractivity contribution in [3.63, 3.8) is 0 Å². The van der Waals surface area contributed by atoms with Crippen LogP contribution in [0.2, 0.25) is 0 Å². The van der Waals surface area contributed by atoms with Crippen LogP contribution >= 0.6 is 0 Å². The minimum Gasteiger partial charge on any atom is -0.366 e. The van der Waals surface area contributed by atoms with Gasteiger partial charge in [-0.15, -0.1) is 0 Å². The molecule has 1 aliphatic rings. The van der Waals surface area contributed by atoms with E-state index in [0.29, 0.717) is 11.5 Å². The van der Waals surface area contributed by atoms with Crippen LogP contribution in [0.15, 0.2) is 66.7 Å². The van der Waals surface area contributed by atoms with E-state index in [1.807, 2.05) is 24.3 Å². The van der Waals surface area contributed by atoms with Gasteiger partial charge in [-0.3, -0.25) is 4.79 Å². The van der Waals surface area contributed by atoms with Crippen LogP contribution in [0.4, 0.5) is 4.39 Å². The van der Waals surface area contributed by atoms with Crippen LogP contribution in [-0.2, 0) is 19.3 Å². The Bertz CT molecular complexity index is 953. The Labute approximate surface area is 158 Å².